The molecule has 0 aromatic rings. The second-order valence-electron chi connectivity index (χ2n) is 19.0. The Labute approximate surface area is 265 Å². The average Bonchev–Trinajstić information content (AvgIpc) is 2.90. The first-order valence-electron chi connectivity index (χ1n) is 16.3. The molecule has 0 bridgehead atoms. The Bertz CT molecular complexity index is 1050. The monoisotopic (exact) mass is 830 g/mol. The Morgan fingerprint density at radius 1 is 0.216 bits per heavy atom. The van der Waals surface area contributed by atoms with Crippen molar-refractivity contribution in [1.82, 2.24) is 0 Å². The summed E-state index contributed by atoms with van der Waals surface area (Å²) >= 11 is 13.9. The summed E-state index contributed by atoms with van der Waals surface area (Å²) in [7, 11) is 0. The first-order chi connectivity index (χ1) is 17.5. The van der Waals surface area contributed by atoms with Crippen LogP contribution < -0.4 is 0 Å². The van der Waals surface area contributed by atoms with Crippen LogP contribution in [0.1, 0.15) is 0 Å². The quantitative estimate of drug-likeness (QED) is 0.331. The molecule has 0 amide bonds. The third kappa shape index (κ3) is 1.09. The molecular formula is C32H28MoSe4. The van der Waals surface area contributed by atoms with Gasteiger partial charge in [0.2, 0.25) is 0 Å². The molecular weight excluding hydrogens is 796 g/mol. The summed E-state index contributed by atoms with van der Waals surface area (Å²) < 4.78 is 3.37. The van der Waals surface area contributed by atoms with Gasteiger partial charge in [-0.15, -0.1) is 0 Å². The first-order valence-corrected chi connectivity index (χ1v) is 19.7. The molecule has 24 aliphatic carbocycles. The molecule has 24 saturated carbocycles. The first kappa shape index (κ1) is 19.9. The summed E-state index contributed by atoms with van der Waals surface area (Å²) in [5.74, 6) is 35.1. The van der Waals surface area contributed by atoms with Crippen molar-refractivity contribution in [2.45, 2.75) is 17.3 Å². The SMILES string of the molecule is [Mo].[Se]C12C3C4C5C3C1C5C42.[Se]C12C3C4C5C3C1C5C42.[Se]C12C3C4C5C3C1C5C42.[Se]C12C3C4C5C3C1C5C42. The van der Waals surface area contributed by atoms with E-state index in [0.717, 1.165) is 17.3 Å². The van der Waals surface area contributed by atoms with Crippen molar-refractivity contribution in [1.29, 1.82) is 0 Å². The average molecular weight is 824 g/mol. The molecule has 0 aromatic carbocycles. The van der Waals surface area contributed by atoms with Crippen molar-refractivity contribution in [3.8, 4) is 0 Å². The van der Waals surface area contributed by atoms with Crippen molar-refractivity contribution in [3.05, 3.63) is 0 Å². The minimum absolute atomic E-state index is 0. The van der Waals surface area contributed by atoms with Crippen LogP contribution in [0.2, 0.25) is 17.3 Å². The van der Waals surface area contributed by atoms with Crippen LogP contribution in [0.15, 0.2) is 0 Å². The van der Waals surface area contributed by atoms with Crippen LogP contribution in [-0.2, 0) is 21.1 Å². The predicted octanol–water partition coefficient (Wildman–Crippen LogP) is 2.78. The molecule has 0 saturated heterocycles. The Morgan fingerprint density at radius 2 is 0.324 bits per heavy atom. The van der Waals surface area contributed by atoms with E-state index in [1.807, 2.05) is 0 Å². The molecule has 37 heavy (non-hydrogen) atoms. The van der Waals surface area contributed by atoms with Crippen molar-refractivity contribution in [2.75, 3.05) is 0 Å². The van der Waals surface area contributed by atoms with Crippen molar-refractivity contribution in [3.63, 3.8) is 0 Å². The summed E-state index contributed by atoms with van der Waals surface area (Å²) in [4.78, 5) is 0. The van der Waals surface area contributed by atoms with E-state index in [1.54, 1.807) is 0 Å². The van der Waals surface area contributed by atoms with Crippen LogP contribution in [0.5, 0.6) is 0 Å². The van der Waals surface area contributed by atoms with Gasteiger partial charge in [0, 0.05) is 21.1 Å². The molecule has 24 rings (SSSR count). The van der Waals surface area contributed by atoms with Gasteiger partial charge in [-0.05, 0) is 0 Å². The summed E-state index contributed by atoms with van der Waals surface area (Å²) in [6.45, 7) is 0. The van der Waals surface area contributed by atoms with E-state index in [4.69, 9.17) is 0 Å². The van der Waals surface area contributed by atoms with Gasteiger partial charge in [-0.25, -0.2) is 0 Å². The number of hydrogen-bond acceptors (Lipinski definition) is 0. The summed E-state index contributed by atoms with van der Waals surface area (Å²) in [6, 6.07) is 0. The molecule has 0 aliphatic heterocycles. The molecule has 0 aromatic heterocycles. The zero-order chi connectivity index (χ0) is 22.2. The summed E-state index contributed by atoms with van der Waals surface area (Å²) in [5, 5.41) is 0. The van der Waals surface area contributed by atoms with E-state index >= 15 is 0 Å². The predicted molar refractivity (Wildman–Crippen MR) is 132 cm³/mol. The Kier molecular flexibility index (Phi) is 2.43. The fraction of sp³-hybridized carbons (Fsp3) is 1.00. The van der Waals surface area contributed by atoms with E-state index in [0.29, 0.717) is 0 Å². The van der Waals surface area contributed by atoms with Gasteiger partial charge in [0.25, 0.3) is 0 Å². The van der Waals surface area contributed by atoms with Crippen LogP contribution in [0.4, 0.5) is 0 Å². The molecule has 0 N–H and O–H groups in total. The fourth-order valence-corrected chi connectivity index (χ4v) is 29.2. The second-order valence-corrected chi connectivity index (χ2v) is 24.9. The molecule has 0 nitrogen and oxygen atoms in total. The standard InChI is InChI=1S/4C8H7Se.Mo/c4*9-8-5-2-1-3(5)7(8)4(1)6(2)8;/h4*1-7H;. The molecule has 0 heterocycles. The molecule has 186 valence electrons. The van der Waals surface area contributed by atoms with Gasteiger partial charge in [-0.3, -0.25) is 0 Å². The van der Waals surface area contributed by atoms with Gasteiger partial charge in [0.1, 0.15) is 0 Å². The van der Waals surface area contributed by atoms with Crippen LogP contribution in [-0.4, -0.2) is 64.1 Å². The van der Waals surface area contributed by atoms with Crippen LogP contribution in [0, 0.1) is 166 Å². The van der Waals surface area contributed by atoms with E-state index in [-0.39, 0.29) is 21.1 Å². The normalized spacial score (nSPS) is 103. The Hall–Kier alpha value is 2.77. The van der Waals surface area contributed by atoms with E-state index in [1.165, 1.54) is 166 Å². The van der Waals surface area contributed by atoms with Gasteiger partial charge >= 0.3 is 247 Å². The maximum atomic E-state index is 3.47. The zero-order valence-corrected chi connectivity index (χ0v) is 29.1. The zero-order valence-electron chi connectivity index (χ0n) is 20.2. The minimum atomic E-state index is 0. The maximum absolute atomic E-state index is 3.47. The van der Waals surface area contributed by atoms with Gasteiger partial charge in [0.15, 0.2) is 0 Å². The second kappa shape index (κ2) is 4.51. The van der Waals surface area contributed by atoms with Crippen LogP contribution in [0.3, 0.4) is 0 Å². The topological polar surface area (TPSA) is 0 Å². The van der Waals surface area contributed by atoms with E-state index in [9.17, 15) is 0 Å². The van der Waals surface area contributed by atoms with Crippen LogP contribution >= 0.6 is 0 Å². The molecule has 5 heteroatoms. The summed E-state index contributed by atoms with van der Waals surface area (Å²) in [5.41, 5.74) is 0. The van der Waals surface area contributed by atoms with Crippen molar-refractivity contribution in [2.24, 2.45) is 166 Å². The summed E-state index contributed by atoms with van der Waals surface area (Å²) in [6.07, 6.45) is 0. The number of hydrogen-bond donors (Lipinski definition) is 0. The van der Waals surface area contributed by atoms with Crippen molar-refractivity contribution >= 4 is 64.1 Å². The molecule has 0 unspecified atom stereocenters. The fourth-order valence-electron chi connectivity index (χ4n) is 21.3. The third-order valence-electron chi connectivity index (χ3n) is 21.5. The van der Waals surface area contributed by atoms with Gasteiger partial charge in [-0.2, -0.15) is 0 Å². The van der Waals surface area contributed by atoms with E-state index < -0.39 is 0 Å². The third-order valence-corrected chi connectivity index (χ3v) is 28.4. The molecule has 24 fully saturated rings. The van der Waals surface area contributed by atoms with Gasteiger partial charge in [0.05, 0.1) is 0 Å². The molecule has 4 radical (unpaired) electrons. The molecule has 0 spiro atoms. The van der Waals surface area contributed by atoms with Crippen molar-refractivity contribution < 1.29 is 21.1 Å². The number of rotatable bonds is 0. The Balaban J connectivity index is 0.0000000568. The van der Waals surface area contributed by atoms with Gasteiger partial charge in [-0.1, -0.05) is 0 Å². The van der Waals surface area contributed by atoms with Gasteiger partial charge < -0.3 is 0 Å². The molecule has 24 aliphatic rings. The molecule has 0 atom stereocenters. The van der Waals surface area contributed by atoms with E-state index in [2.05, 4.69) is 64.1 Å². The Morgan fingerprint density at radius 3 is 0.378 bits per heavy atom. The van der Waals surface area contributed by atoms with Crippen LogP contribution in [0.25, 0.3) is 0 Å².